The van der Waals surface area contributed by atoms with E-state index in [1.165, 1.54) is 5.69 Å². The molecule has 4 rings (SSSR count). The predicted molar refractivity (Wildman–Crippen MR) is 123 cm³/mol. The van der Waals surface area contributed by atoms with Crippen LogP contribution >= 0.6 is 0 Å². The molecule has 1 amide bonds. The second-order valence-corrected chi connectivity index (χ2v) is 10.2. The van der Waals surface area contributed by atoms with E-state index in [4.69, 9.17) is 0 Å². The smallest absolute Gasteiger partial charge is 0.253 e. The van der Waals surface area contributed by atoms with E-state index in [1.54, 1.807) is 28.6 Å². The number of amides is 1. The van der Waals surface area contributed by atoms with E-state index in [2.05, 4.69) is 21.9 Å². The van der Waals surface area contributed by atoms with Crippen LogP contribution in [0.15, 0.2) is 54.6 Å². The van der Waals surface area contributed by atoms with Crippen molar-refractivity contribution in [1.29, 1.82) is 0 Å². The maximum absolute atomic E-state index is 12.9. The van der Waals surface area contributed by atoms with Crippen molar-refractivity contribution in [3.63, 3.8) is 0 Å². The van der Waals surface area contributed by atoms with Gasteiger partial charge in [0.1, 0.15) is 0 Å². The third-order valence-electron chi connectivity index (χ3n) is 6.09. The Kier molecular flexibility index (Phi) is 6.60. The van der Waals surface area contributed by atoms with Gasteiger partial charge in [0.2, 0.25) is 10.0 Å². The number of nitrogens with zero attached hydrogens (tertiary/aromatic N) is 4. The zero-order chi connectivity index (χ0) is 21.8. The summed E-state index contributed by atoms with van der Waals surface area (Å²) in [5.41, 5.74) is 2.50. The second-order valence-electron chi connectivity index (χ2n) is 8.27. The van der Waals surface area contributed by atoms with Crippen molar-refractivity contribution in [2.75, 3.05) is 64.3 Å². The number of hydrogen-bond acceptors (Lipinski definition) is 5. The number of anilines is 1. The van der Waals surface area contributed by atoms with Gasteiger partial charge in [-0.15, -0.1) is 0 Å². The molecule has 2 aromatic rings. The van der Waals surface area contributed by atoms with Gasteiger partial charge in [-0.1, -0.05) is 30.3 Å². The number of sulfonamides is 1. The SMILES string of the molecule is CN1CCN(S(=O)(=O)Cc2ccc(C(=O)N3CCN(c4ccccc4)CC3)cc2)CC1. The number of carbonyl (C=O) groups excluding carboxylic acids is 1. The van der Waals surface area contributed by atoms with E-state index >= 15 is 0 Å². The third kappa shape index (κ3) is 5.26. The van der Waals surface area contributed by atoms with E-state index in [1.807, 2.05) is 30.1 Å². The molecule has 0 unspecified atom stereocenters. The first-order valence-electron chi connectivity index (χ1n) is 10.8. The molecular weight excluding hydrogens is 412 g/mol. The van der Waals surface area contributed by atoms with Crippen LogP contribution in [0.2, 0.25) is 0 Å². The van der Waals surface area contributed by atoms with Crippen LogP contribution in [0.3, 0.4) is 0 Å². The van der Waals surface area contributed by atoms with Crippen molar-refractivity contribution in [2.45, 2.75) is 5.75 Å². The van der Waals surface area contributed by atoms with Gasteiger partial charge in [-0.3, -0.25) is 4.79 Å². The van der Waals surface area contributed by atoms with Crippen LogP contribution in [0.5, 0.6) is 0 Å². The Bertz CT molecular complexity index is 979. The van der Waals surface area contributed by atoms with Crippen molar-refractivity contribution >= 4 is 21.6 Å². The molecule has 2 aliphatic heterocycles. The summed E-state index contributed by atoms with van der Waals surface area (Å²) in [6.45, 7) is 5.53. The number of hydrogen-bond donors (Lipinski definition) is 0. The quantitative estimate of drug-likeness (QED) is 0.706. The number of para-hydroxylation sites is 1. The van der Waals surface area contributed by atoms with Gasteiger partial charge >= 0.3 is 0 Å². The number of piperazine rings is 2. The molecule has 0 atom stereocenters. The minimum Gasteiger partial charge on any atom is -0.368 e. The summed E-state index contributed by atoms with van der Waals surface area (Å²) in [5.74, 6) is -0.0258. The van der Waals surface area contributed by atoms with Crippen LogP contribution in [0.4, 0.5) is 5.69 Å². The Morgan fingerprint density at radius 2 is 1.42 bits per heavy atom. The Balaban J connectivity index is 1.33. The molecule has 2 saturated heterocycles. The van der Waals surface area contributed by atoms with Gasteiger partial charge < -0.3 is 14.7 Å². The van der Waals surface area contributed by atoms with E-state index in [0.717, 1.165) is 26.2 Å². The Labute approximate surface area is 184 Å². The summed E-state index contributed by atoms with van der Waals surface area (Å²) in [7, 11) is -1.34. The van der Waals surface area contributed by atoms with Gasteiger partial charge in [-0.05, 0) is 36.9 Å². The van der Waals surface area contributed by atoms with Crippen molar-refractivity contribution < 1.29 is 13.2 Å². The highest BCUT2D eigenvalue weighted by Crippen LogP contribution is 2.18. The lowest BCUT2D eigenvalue weighted by Crippen LogP contribution is -2.48. The van der Waals surface area contributed by atoms with Crippen molar-refractivity contribution in [3.8, 4) is 0 Å². The molecule has 0 aromatic heterocycles. The zero-order valence-electron chi connectivity index (χ0n) is 18.0. The Morgan fingerprint density at radius 1 is 0.806 bits per heavy atom. The molecule has 0 bridgehead atoms. The summed E-state index contributed by atoms with van der Waals surface area (Å²) in [6.07, 6.45) is 0. The number of likely N-dealkylation sites (N-methyl/N-ethyl adjacent to an activating group) is 1. The molecule has 7 nitrogen and oxygen atoms in total. The standard InChI is InChI=1S/C23H30N4O3S/c1-24-11-17-27(18-12-24)31(29,30)19-20-7-9-21(10-8-20)23(28)26-15-13-25(14-16-26)22-5-3-2-4-6-22/h2-10H,11-19H2,1H3. The first-order chi connectivity index (χ1) is 14.9. The van der Waals surface area contributed by atoms with Gasteiger partial charge in [0.25, 0.3) is 5.91 Å². The molecular formula is C23H30N4O3S. The lowest BCUT2D eigenvalue weighted by molar-refractivity contribution is 0.0747. The fourth-order valence-electron chi connectivity index (χ4n) is 4.10. The van der Waals surface area contributed by atoms with E-state index in [-0.39, 0.29) is 11.7 Å². The first-order valence-corrected chi connectivity index (χ1v) is 12.4. The highest BCUT2D eigenvalue weighted by molar-refractivity contribution is 7.88. The topological polar surface area (TPSA) is 64.2 Å². The molecule has 0 saturated carbocycles. The van der Waals surface area contributed by atoms with Crippen LogP contribution in [0, 0.1) is 0 Å². The highest BCUT2D eigenvalue weighted by atomic mass is 32.2. The van der Waals surface area contributed by atoms with E-state index in [0.29, 0.717) is 37.3 Å². The predicted octanol–water partition coefficient (Wildman–Crippen LogP) is 1.73. The summed E-state index contributed by atoms with van der Waals surface area (Å²) in [5, 5.41) is 0. The highest BCUT2D eigenvalue weighted by Gasteiger charge is 2.26. The Hall–Kier alpha value is -2.42. The van der Waals surface area contributed by atoms with E-state index < -0.39 is 10.0 Å². The van der Waals surface area contributed by atoms with Gasteiger partial charge in [0.15, 0.2) is 0 Å². The molecule has 0 radical (unpaired) electrons. The third-order valence-corrected chi connectivity index (χ3v) is 7.94. The lowest BCUT2D eigenvalue weighted by atomic mass is 10.1. The average molecular weight is 443 g/mol. The summed E-state index contributed by atoms with van der Waals surface area (Å²) in [6, 6.07) is 17.3. The molecule has 166 valence electrons. The lowest BCUT2D eigenvalue weighted by Gasteiger charge is -2.36. The maximum Gasteiger partial charge on any atom is 0.253 e. The molecule has 2 heterocycles. The van der Waals surface area contributed by atoms with Gasteiger partial charge in [0.05, 0.1) is 5.75 Å². The fraction of sp³-hybridized carbons (Fsp3) is 0.435. The largest absolute Gasteiger partial charge is 0.368 e. The molecule has 0 spiro atoms. The van der Waals surface area contributed by atoms with Gasteiger partial charge in [-0.25, -0.2) is 8.42 Å². The van der Waals surface area contributed by atoms with Gasteiger partial charge in [-0.2, -0.15) is 4.31 Å². The van der Waals surface area contributed by atoms with Crippen LogP contribution in [0.1, 0.15) is 15.9 Å². The molecule has 2 aliphatic rings. The van der Waals surface area contributed by atoms with Gasteiger partial charge in [0, 0.05) is 63.6 Å². The molecule has 2 fully saturated rings. The summed E-state index contributed by atoms with van der Waals surface area (Å²) >= 11 is 0. The Morgan fingerprint density at radius 3 is 2.03 bits per heavy atom. The zero-order valence-corrected chi connectivity index (χ0v) is 18.8. The fourth-order valence-corrected chi connectivity index (χ4v) is 5.62. The molecule has 0 N–H and O–H groups in total. The van der Waals surface area contributed by atoms with Crippen molar-refractivity contribution in [2.24, 2.45) is 0 Å². The average Bonchev–Trinajstić information content (AvgIpc) is 2.80. The summed E-state index contributed by atoms with van der Waals surface area (Å²) in [4.78, 5) is 19.2. The normalized spacial score (nSPS) is 18.9. The number of carbonyl (C=O) groups is 1. The summed E-state index contributed by atoms with van der Waals surface area (Å²) < 4.78 is 27.0. The number of rotatable bonds is 5. The maximum atomic E-state index is 12.9. The minimum atomic E-state index is -3.34. The second kappa shape index (κ2) is 9.38. The van der Waals surface area contributed by atoms with Crippen LogP contribution in [-0.2, 0) is 15.8 Å². The van der Waals surface area contributed by atoms with Crippen molar-refractivity contribution in [3.05, 3.63) is 65.7 Å². The molecule has 8 heteroatoms. The minimum absolute atomic E-state index is 0.00110. The van der Waals surface area contributed by atoms with Crippen LogP contribution in [0.25, 0.3) is 0 Å². The van der Waals surface area contributed by atoms with Crippen LogP contribution < -0.4 is 4.90 Å². The van der Waals surface area contributed by atoms with Crippen LogP contribution in [-0.4, -0.2) is 87.8 Å². The monoisotopic (exact) mass is 442 g/mol. The number of benzene rings is 2. The molecule has 31 heavy (non-hydrogen) atoms. The van der Waals surface area contributed by atoms with E-state index in [9.17, 15) is 13.2 Å². The molecule has 0 aliphatic carbocycles. The molecule has 2 aromatic carbocycles. The first kappa shape index (κ1) is 21.8. The van der Waals surface area contributed by atoms with Crippen molar-refractivity contribution in [1.82, 2.24) is 14.1 Å².